The summed E-state index contributed by atoms with van der Waals surface area (Å²) in [6.07, 6.45) is 2.14. The Morgan fingerprint density at radius 1 is 1.50 bits per heavy atom. The van der Waals surface area contributed by atoms with E-state index in [1.807, 2.05) is 18.2 Å². The highest BCUT2D eigenvalue weighted by molar-refractivity contribution is 9.10. The molecule has 3 N–H and O–H groups in total. The molecule has 1 unspecified atom stereocenters. The van der Waals surface area contributed by atoms with Crippen molar-refractivity contribution in [3.8, 4) is 0 Å². The highest BCUT2D eigenvalue weighted by Crippen LogP contribution is 2.27. The third kappa shape index (κ3) is 4.70. The monoisotopic (exact) mass is 300 g/mol. The second-order valence-corrected chi connectivity index (χ2v) is 5.67. The number of hydrazine groups is 1. The smallest absolute Gasteiger partial charge is 0.0487 e. The summed E-state index contributed by atoms with van der Waals surface area (Å²) in [5.41, 5.74) is 4.08. The van der Waals surface area contributed by atoms with Gasteiger partial charge in [-0.05, 0) is 41.9 Å². The largest absolute Gasteiger partial charge is 0.271 e. The van der Waals surface area contributed by atoms with Gasteiger partial charge in [-0.15, -0.1) is 11.8 Å². The van der Waals surface area contributed by atoms with Gasteiger partial charge in [0.1, 0.15) is 0 Å². The molecule has 1 aromatic rings. The van der Waals surface area contributed by atoms with E-state index < -0.39 is 0 Å². The van der Waals surface area contributed by atoms with Gasteiger partial charge < -0.3 is 0 Å². The maximum absolute atomic E-state index is 5.50. The van der Waals surface area contributed by atoms with Gasteiger partial charge in [-0.3, -0.25) is 11.3 Å². The molecule has 1 atom stereocenters. The van der Waals surface area contributed by atoms with E-state index >= 15 is 0 Å². The van der Waals surface area contributed by atoms with Crippen LogP contribution in [0.4, 0.5) is 0 Å². The van der Waals surface area contributed by atoms with Crippen LogP contribution in [0, 0.1) is 0 Å². The maximum atomic E-state index is 5.50. The van der Waals surface area contributed by atoms with Crippen LogP contribution < -0.4 is 11.3 Å². The topological polar surface area (TPSA) is 38.0 Å². The van der Waals surface area contributed by atoms with Gasteiger partial charge in [-0.2, -0.15) is 0 Å². The SMILES string of the molecule is CC(C)=CC(CSc1ccccc1Br)NN. The van der Waals surface area contributed by atoms with Crippen LogP contribution >= 0.6 is 27.7 Å². The van der Waals surface area contributed by atoms with Gasteiger partial charge in [0.15, 0.2) is 0 Å². The fraction of sp³-hybridized carbons (Fsp3) is 0.333. The quantitative estimate of drug-likeness (QED) is 0.379. The Bertz CT molecular complexity index is 362. The van der Waals surface area contributed by atoms with Crippen LogP contribution in [0.5, 0.6) is 0 Å². The molecule has 0 amide bonds. The molecule has 0 aromatic heterocycles. The second kappa shape index (κ2) is 7.12. The fourth-order valence-electron chi connectivity index (χ4n) is 1.29. The maximum Gasteiger partial charge on any atom is 0.0487 e. The van der Waals surface area contributed by atoms with E-state index in [2.05, 4.69) is 47.3 Å². The predicted molar refractivity (Wildman–Crippen MR) is 75.4 cm³/mol. The van der Waals surface area contributed by atoms with Crippen molar-refractivity contribution in [3.63, 3.8) is 0 Å². The zero-order chi connectivity index (χ0) is 12.0. The molecule has 88 valence electrons. The molecular formula is C12H17BrN2S. The van der Waals surface area contributed by atoms with Crippen LogP contribution in [0.25, 0.3) is 0 Å². The van der Waals surface area contributed by atoms with Crippen molar-refractivity contribution >= 4 is 27.7 Å². The normalized spacial score (nSPS) is 12.2. The average molecular weight is 301 g/mol. The third-order valence-corrected chi connectivity index (χ3v) is 4.15. The number of hydrogen-bond donors (Lipinski definition) is 2. The molecule has 4 heteroatoms. The molecule has 0 aliphatic carbocycles. The Kier molecular flexibility index (Phi) is 6.13. The summed E-state index contributed by atoms with van der Waals surface area (Å²) in [5.74, 6) is 6.42. The van der Waals surface area contributed by atoms with E-state index in [0.29, 0.717) is 0 Å². The van der Waals surface area contributed by atoms with Crippen molar-refractivity contribution < 1.29 is 0 Å². The van der Waals surface area contributed by atoms with Gasteiger partial charge in [-0.1, -0.05) is 23.8 Å². The van der Waals surface area contributed by atoms with Gasteiger partial charge in [0.05, 0.1) is 0 Å². The molecule has 0 aliphatic rings. The van der Waals surface area contributed by atoms with E-state index in [0.717, 1.165) is 10.2 Å². The minimum absolute atomic E-state index is 0.210. The summed E-state index contributed by atoms with van der Waals surface area (Å²) < 4.78 is 1.13. The van der Waals surface area contributed by atoms with Gasteiger partial charge in [0, 0.05) is 21.2 Å². The summed E-state index contributed by atoms with van der Waals surface area (Å²) in [5, 5.41) is 0. The molecule has 0 saturated carbocycles. The summed E-state index contributed by atoms with van der Waals surface area (Å²) in [6.45, 7) is 4.15. The zero-order valence-electron chi connectivity index (χ0n) is 9.53. The zero-order valence-corrected chi connectivity index (χ0v) is 11.9. The molecule has 0 spiro atoms. The Balaban J connectivity index is 2.56. The third-order valence-electron chi connectivity index (χ3n) is 2.00. The predicted octanol–water partition coefficient (Wildman–Crippen LogP) is 3.34. The Labute approximate surface area is 110 Å². The minimum atomic E-state index is 0.210. The average Bonchev–Trinajstić information content (AvgIpc) is 2.25. The number of benzene rings is 1. The summed E-state index contributed by atoms with van der Waals surface area (Å²) >= 11 is 5.32. The van der Waals surface area contributed by atoms with Gasteiger partial charge in [0.2, 0.25) is 0 Å². The van der Waals surface area contributed by atoms with Crippen LogP contribution in [0.2, 0.25) is 0 Å². The van der Waals surface area contributed by atoms with E-state index in [1.165, 1.54) is 10.5 Å². The van der Waals surface area contributed by atoms with Crippen LogP contribution in [-0.2, 0) is 0 Å². The van der Waals surface area contributed by atoms with Crippen molar-refractivity contribution in [1.29, 1.82) is 0 Å². The summed E-state index contributed by atoms with van der Waals surface area (Å²) in [7, 11) is 0. The molecule has 0 fully saturated rings. The molecule has 0 saturated heterocycles. The molecule has 2 nitrogen and oxygen atoms in total. The first kappa shape index (κ1) is 13.8. The van der Waals surface area contributed by atoms with E-state index in [4.69, 9.17) is 5.84 Å². The second-order valence-electron chi connectivity index (χ2n) is 3.76. The lowest BCUT2D eigenvalue weighted by atomic mass is 10.2. The molecule has 1 rings (SSSR count). The van der Waals surface area contributed by atoms with Crippen molar-refractivity contribution in [2.24, 2.45) is 5.84 Å². The van der Waals surface area contributed by atoms with Gasteiger partial charge in [0.25, 0.3) is 0 Å². The number of hydrogen-bond acceptors (Lipinski definition) is 3. The molecule has 0 radical (unpaired) electrons. The first-order valence-electron chi connectivity index (χ1n) is 5.12. The number of thioether (sulfide) groups is 1. The van der Waals surface area contributed by atoms with Gasteiger partial charge in [-0.25, -0.2) is 0 Å². The Morgan fingerprint density at radius 2 is 2.19 bits per heavy atom. The van der Waals surface area contributed by atoms with Crippen molar-refractivity contribution in [2.75, 3.05) is 5.75 Å². The lowest BCUT2D eigenvalue weighted by Gasteiger charge is -2.12. The molecule has 16 heavy (non-hydrogen) atoms. The lowest BCUT2D eigenvalue weighted by Crippen LogP contribution is -2.35. The van der Waals surface area contributed by atoms with E-state index in [9.17, 15) is 0 Å². The van der Waals surface area contributed by atoms with Crippen LogP contribution in [0.3, 0.4) is 0 Å². The van der Waals surface area contributed by atoms with Crippen LogP contribution in [-0.4, -0.2) is 11.8 Å². The lowest BCUT2D eigenvalue weighted by molar-refractivity contribution is 0.673. The Morgan fingerprint density at radius 3 is 2.75 bits per heavy atom. The van der Waals surface area contributed by atoms with E-state index in [-0.39, 0.29) is 6.04 Å². The first-order valence-corrected chi connectivity index (χ1v) is 6.90. The highest BCUT2D eigenvalue weighted by Gasteiger charge is 2.05. The number of allylic oxidation sites excluding steroid dienone is 1. The molecule has 0 aliphatic heterocycles. The Hall–Kier alpha value is -0.290. The minimum Gasteiger partial charge on any atom is -0.271 e. The number of nitrogens with two attached hydrogens (primary N) is 1. The number of halogens is 1. The highest BCUT2D eigenvalue weighted by atomic mass is 79.9. The summed E-state index contributed by atoms with van der Waals surface area (Å²) in [4.78, 5) is 1.24. The standard InChI is InChI=1S/C12H17BrN2S/c1-9(2)7-10(15-14)8-16-12-6-4-3-5-11(12)13/h3-7,10,15H,8,14H2,1-2H3. The first-order chi connectivity index (χ1) is 7.63. The van der Waals surface area contributed by atoms with E-state index in [1.54, 1.807) is 11.8 Å². The number of nitrogens with one attached hydrogen (secondary N) is 1. The fourth-order valence-corrected chi connectivity index (χ4v) is 2.85. The molecule has 1 aromatic carbocycles. The molecular weight excluding hydrogens is 284 g/mol. The van der Waals surface area contributed by atoms with Crippen molar-refractivity contribution in [3.05, 3.63) is 40.4 Å². The summed E-state index contributed by atoms with van der Waals surface area (Å²) in [6, 6.07) is 8.42. The molecule has 0 heterocycles. The van der Waals surface area contributed by atoms with Crippen LogP contribution in [0.1, 0.15) is 13.8 Å². The van der Waals surface area contributed by atoms with Crippen molar-refractivity contribution in [2.45, 2.75) is 24.8 Å². The van der Waals surface area contributed by atoms with Crippen LogP contribution in [0.15, 0.2) is 45.3 Å². The molecule has 0 bridgehead atoms. The number of rotatable bonds is 5. The van der Waals surface area contributed by atoms with Crippen molar-refractivity contribution in [1.82, 2.24) is 5.43 Å². The van der Waals surface area contributed by atoms with Gasteiger partial charge >= 0.3 is 0 Å².